The van der Waals surface area contributed by atoms with Crippen LogP contribution in [0.5, 0.6) is 5.88 Å². The lowest BCUT2D eigenvalue weighted by molar-refractivity contribution is 0.139. The van der Waals surface area contributed by atoms with Crippen molar-refractivity contribution >= 4 is 7.82 Å². The first-order valence-corrected chi connectivity index (χ1v) is 5.62. The Bertz CT molecular complexity index is 740. The molecule has 4 aliphatic heterocycles. The number of hydrogen-bond acceptors (Lipinski definition) is 7. The van der Waals surface area contributed by atoms with Crippen molar-refractivity contribution in [2.75, 3.05) is 0 Å². The Morgan fingerprint density at radius 3 is 2.94 bits per heavy atom. The van der Waals surface area contributed by atoms with Crippen LogP contribution in [0, 0.1) is 0 Å². The molecule has 0 amide bonds. The van der Waals surface area contributed by atoms with Crippen LogP contribution >= 0.6 is 7.82 Å². The number of rotatable bonds is 1. The standard InChI is InChI=1S/C5H2N5O6P/c6-7-8-9-4-2-1-14-17(13,15-4)16-10(3(2)11)5(9)12/h1H2. The summed E-state index contributed by atoms with van der Waals surface area (Å²) in [5.41, 5.74) is 6.22. The molecule has 1 unspecified atom stereocenters. The van der Waals surface area contributed by atoms with E-state index in [9.17, 15) is 14.2 Å². The molecule has 1 atom stereocenters. The summed E-state index contributed by atoms with van der Waals surface area (Å²) < 4.78 is 26.4. The van der Waals surface area contributed by atoms with Crippen molar-refractivity contribution in [2.24, 2.45) is 5.22 Å². The Labute approximate surface area is 90.9 Å². The Hall–Kier alpha value is -2.22. The van der Waals surface area contributed by atoms with Gasteiger partial charge >= 0.3 is 25.0 Å². The lowest BCUT2D eigenvalue weighted by Crippen LogP contribution is -2.40. The minimum absolute atomic E-state index is 0.110. The highest BCUT2D eigenvalue weighted by atomic mass is 31.2. The Balaban J connectivity index is 2.54. The monoisotopic (exact) mass is 259 g/mol. The van der Waals surface area contributed by atoms with Gasteiger partial charge in [-0.2, -0.15) is 4.91 Å². The number of azide groups is 1. The zero-order chi connectivity index (χ0) is 12.2. The lowest BCUT2D eigenvalue weighted by atomic mass is 10.3. The fraction of sp³-hybridized carbons (Fsp3) is 0.200. The van der Waals surface area contributed by atoms with Crippen LogP contribution in [-0.2, 0) is 15.7 Å². The molecule has 4 bridgehead atoms. The molecular formula is C5H2N5O6P. The van der Waals surface area contributed by atoms with Crippen LogP contribution in [0.15, 0.2) is 14.8 Å². The van der Waals surface area contributed by atoms with E-state index >= 15 is 0 Å². The smallest absolute Gasteiger partial charge is 0.356 e. The van der Waals surface area contributed by atoms with E-state index in [-0.39, 0.29) is 16.9 Å². The number of aromatic nitrogens is 2. The first-order valence-electron chi connectivity index (χ1n) is 4.16. The third-order valence-corrected chi connectivity index (χ3v) is 3.33. The van der Waals surface area contributed by atoms with Crippen molar-refractivity contribution < 1.29 is 18.2 Å². The second-order valence-corrected chi connectivity index (χ2v) is 4.55. The molecule has 0 aliphatic carbocycles. The topological polar surface area (TPSA) is 138 Å². The third kappa shape index (κ3) is 1.15. The molecule has 12 heteroatoms. The molecule has 5 heterocycles. The molecule has 0 spiro atoms. The summed E-state index contributed by atoms with van der Waals surface area (Å²) in [4.78, 5) is 25.7. The predicted octanol–water partition coefficient (Wildman–Crippen LogP) is -0.457. The minimum Gasteiger partial charge on any atom is -0.356 e. The van der Waals surface area contributed by atoms with Gasteiger partial charge in [0.2, 0.25) is 0 Å². The number of phosphoric ester groups is 1. The molecule has 11 nitrogen and oxygen atoms in total. The molecule has 17 heavy (non-hydrogen) atoms. The van der Waals surface area contributed by atoms with Gasteiger partial charge in [0.1, 0.15) is 5.56 Å². The zero-order valence-electron chi connectivity index (χ0n) is 7.84. The maximum absolute atomic E-state index is 11.8. The van der Waals surface area contributed by atoms with Gasteiger partial charge in [0.05, 0.1) is 6.61 Å². The Kier molecular flexibility index (Phi) is 1.71. The van der Waals surface area contributed by atoms with Crippen molar-refractivity contribution in [2.45, 2.75) is 6.61 Å². The summed E-state index contributed by atoms with van der Waals surface area (Å²) in [5, 5.41) is 3.02. The molecule has 4 aliphatic rings. The van der Waals surface area contributed by atoms with Crippen molar-refractivity contribution in [1.29, 1.82) is 0 Å². The van der Waals surface area contributed by atoms with Crippen LogP contribution in [0.4, 0.5) is 0 Å². The van der Waals surface area contributed by atoms with E-state index in [4.69, 9.17) is 14.6 Å². The molecular weight excluding hydrogens is 257 g/mol. The van der Waals surface area contributed by atoms with Gasteiger partial charge in [-0.3, -0.25) is 13.9 Å². The molecule has 1 aromatic rings. The maximum atomic E-state index is 11.8. The van der Waals surface area contributed by atoms with Gasteiger partial charge in [-0.05, 0) is 5.22 Å². The third-order valence-electron chi connectivity index (χ3n) is 2.12. The van der Waals surface area contributed by atoms with Crippen LogP contribution in [0.25, 0.3) is 10.4 Å². The van der Waals surface area contributed by atoms with E-state index in [2.05, 4.69) is 14.8 Å². The second kappa shape index (κ2) is 2.92. The molecule has 5 rings (SSSR count). The summed E-state index contributed by atoms with van der Waals surface area (Å²) in [5.74, 6) is -0.416. The Morgan fingerprint density at radius 1 is 1.47 bits per heavy atom. The van der Waals surface area contributed by atoms with Crippen LogP contribution < -0.4 is 20.4 Å². The van der Waals surface area contributed by atoms with Crippen molar-refractivity contribution in [1.82, 2.24) is 9.41 Å². The number of phosphoric acid groups is 1. The number of hydrogen-bond donors (Lipinski definition) is 0. The lowest BCUT2D eigenvalue weighted by Gasteiger charge is -2.15. The minimum atomic E-state index is -4.06. The number of fused-ring (bicyclic) bond motifs is 2. The van der Waals surface area contributed by atoms with Crippen molar-refractivity contribution in [3.8, 4) is 5.88 Å². The van der Waals surface area contributed by atoms with Gasteiger partial charge < -0.3 is 4.52 Å². The normalized spacial score (nSPS) is 23.5. The molecule has 0 saturated heterocycles. The van der Waals surface area contributed by atoms with Gasteiger partial charge in [-0.1, -0.05) is 9.41 Å². The van der Waals surface area contributed by atoms with Crippen molar-refractivity contribution in [3.63, 3.8) is 0 Å². The zero-order valence-corrected chi connectivity index (χ0v) is 8.73. The highest BCUT2D eigenvalue weighted by molar-refractivity contribution is 7.49. The maximum Gasteiger partial charge on any atom is 0.610 e. The highest BCUT2D eigenvalue weighted by Crippen LogP contribution is 2.52. The quantitative estimate of drug-likeness (QED) is 0.289. The first-order chi connectivity index (χ1) is 8.06. The van der Waals surface area contributed by atoms with E-state index in [1.54, 1.807) is 0 Å². The van der Waals surface area contributed by atoms with Crippen LogP contribution in [0.3, 0.4) is 0 Å². The van der Waals surface area contributed by atoms with Crippen molar-refractivity contribution in [3.05, 3.63) is 36.8 Å². The average Bonchev–Trinajstić information content (AvgIpc) is 2.52. The molecule has 0 saturated carbocycles. The average molecular weight is 259 g/mol. The van der Waals surface area contributed by atoms with E-state index in [1.165, 1.54) is 0 Å². The molecule has 0 radical (unpaired) electrons. The van der Waals surface area contributed by atoms with E-state index in [1.807, 2.05) is 0 Å². The largest absolute Gasteiger partial charge is 0.610 e. The van der Waals surface area contributed by atoms with Gasteiger partial charge in [0.15, 0.2) is 0 Å². The SMILES string of the molecule is [N-]=[N+]=Nn1c2c3c(=O)n(c1=O)OP(=O)(OC3)O2. The van der Waals surface area contributed by atoms with Gasteiger partial charge in [0, 0.05) is 0 Å². The summed E-state index contributed by atoms with van der Waals surface area (Å²) >= 11 is 0. The molecule has 88 valence electrons. The molecule has 1 aromatic heterocycles. The first kappa shape index (κ1) is 9.97. The second-order valence-electron chi connectivity index (χ2n) is 3.05. The van der Waals surface area contributed by atoms with E-state index in [0.29, 0.717) is 4.68 Å². The van der Waals surface area contributed by atoms with Crippen LogP contribution in [0.2, 0.25) is 0 Å². The van der Waals surface area contributed by atoms with Crippen LogP contribution in [0.1, 0.15) is 5.56 Å². The van der Waals surface area contributed by atoms with Crippen LogP contribution in [-0.4, -0.2) is 9.41 Å². The predicted molar refractivity (Wildman–Crippen MR) is 49.1 cm³/mol. The summed E-state index contributed by atoms with van der Waals surface area (Å²) in [7, 11) is -4.06. The Morgan fingerprint density at radius 2 is 2.24 bits per heavy atom. The van der Waals surface area contributed by atoms with Gasteiger partial charge in [-0.15, -0.1) is 5.53 Å². The molecule has 0 fully saturated rings. The summed E-state index contributed by atoms with van der Waals surface area (Å²) in [6, 6.07) is 0. The van der Waals surface area contributed by atoms with Gasteiger partial charge in [0.25, 0.3) is 0 Å². The summed E-state index contributed by atoms with van der Waals surface area (Å²) in [6.07, 6.45) is 0. The summed E-state index contributed by atoms with van der Waals surface area (Å²) in [6.45, 7) is -0.354. The van der Waals surface area contributed by atoms with E-state index < -0.39 is 25.0 Å². The van der Waals surface area contributed by atoms with E-state index in [0.717, 1.165) is 0 Å². The molecule has 0 N–H and O–H groups in total. The highest BCUT2D eigenvalue weighted by Gasteiger charge is 2.47. The number of nitrogens with zero attached hydrogens (tertiary/aromatic N) is 5. The fourth-order valence-electron chi connectivity index (χ4n) is 1.43. The fourth-order valence-corrected chi connectivity index (χ4v) is 2.59. The van der Waals surface area contributed by atoms with Gasteiger partial charge in [-0.25, -0.2) is 9.36 Å². The molecule has 0 aromatic carbocycles.